The molecule has 1 unspecified atom stereocenters. The molecule has 16 heavy (non-hydrogen) atoms. The second-order valence-corrected chi connectivity index (χ2v) is 5.49. The third kappa shape index (κ3) is 4.06. The summed E-state index contributed by atoms with van der Waals surface area (Å²) < 4.78 is 0. The molecule has 0 bridgehead atoms. The Hall–Kier alpha value is -0.0800. The maximum Gasteiger partial charge on any atom is 0.0499 e. The van der Waals surface area contributed by atoms with Crippen LogP contribution in [0.25, 0.3) is 0 Å². The van der Waals surface area contributed by atoms with Gasteiger partial charge in [-0.3, -0.25) is 0 Å². The van der Waals surface area contributed by atoms with Crippen LogP contribution in [0.5, 0.6) is 0 Å². The van der Waals surface area contributed by atoms with E-state index < -0.39 is 0 Å². The van der Waals surface area contributed by atoms with Crippen molar-refractivity contribution in [1.82, 2.24) is 5.32 Å². The third-order valence-corrected chi connectivity index (χ3v) is 4.15. The second-order valence-electron chi connectivity index (χ2n) is 5.49. The van der Waals surface area contributed by atoms with Crippen LogP contribution in [0.15, 0.2) is 0 Å². The van der Waals surface area contributed by atoms with Crippen molar-refractivity contribution in [2.24, 2.45) is 5.41 Å². The van der Waals surface area contributed by atoms with E-state index in [4.69, 9.17) is 0 Å². The summed E-state index contributed by atoms with van der Waals surface area (Å²) in [5, 5.41) is 13.3. The van der Waals surface area contributed by atoms with E-state index in [9.17, 15) is 5.11 Å². The second kappa shape index (κ2) is 7.29. The monoisotopic (exact) mass is 227 g/mol. The SMILES string of the molecule is CCCC(CC)NCC1(CO)CCCCC1. The lowest BCUT2D eigenvalue weighted by molar-refractivity contribution is 0.0777. The number of aliphatic hydroxyl groups is 1. The Morgan fingerprint density at radius 3 is 2.38 bits per heavy atom. The summed E-state index contributed by atoms with van der Waals surface area (Å²) in [6.07, 6.45) is 10.1. The lowest BCUT2D eigenvalue weighted by Gasteiger charge is -2.37. The van der Waals surface area contributed by atoms with Gasteiger partial charge in [0.2, 0.25) is 0 Å². The van der Waals surface area contributed by atoms with Crippen molar-refractivity contribution in [2.75, 3.05) is 13.2 Å². The molecule has 1 aliphatic carbocycles. The van der Waals surface area contributed by atoms with Gasteiger partial charge in [-0.05, 0) is 25.7 Å². The van der Waals surface area contributed by atoms with E-state index in [1.54, 1.807) is 0 Å². The molecule has 0 saturated heterocycles. The highest BCUT2D eigenvalue weighted by molar-refractivity contribution is 4.85. The molecule has 0 aromatic heterocycles. The van der Waals surface area contributed by atoms with Gasteiger partial charge in [0.05, 0.1) is 0 Å². The first-order valence-corrected chi connectivity index (χ1v) is 7.10. The molecular weight excluding hydrogens is 198 g/mol. The van der Waals surface area contributed by atoms with Crippen molar-refractivity contribution >= 4 is 0 Å². The van der Waals surface area contributed by atoms with Crippen molar-refractivity contribution in [3.63, 3.8) is 0 Å². The van der Waals surface area contributed by atoms with Gasteiger partial charge in [0.15, 0.2) is 0 Å². The van der Waals surface area contributed by atoms with Gasteiger partial charge in [-0.2, -0.15) is 0 Å². The van der Waals surface area contributed by atoms with E-state index in [1.165, 1.54) is 51.4 Å². The standard InChI is InChI=1S/C14H29NO/c1-3-8-13(4-2)15-11-14(12-16)9-6-5-7-10-14/h13,15-16H,3-12H2,1-2H3. The maximum atomic E-state index is 9.62. The number of hydrogen-bond donors (Lipinski definition) is 2. The Kier molecular flexibility index (Phi) is 6.37. The highest BCUT2D eigenvalue weighted by atomic mass is 16.3. The zero-order chi connectivity index (χ0) is 11.9. The minimum Gasteiger partial charge on any atom is -0.396 e. The van der Waals surface area contributed by atoms with E-state index in [-0.39, 0.29) is 5.41 Å². The van der Waals surface area contributed by atoms with Crippen LogP contribution >= 0.6 is 0 Å². The minimum atomic E-state index is 0.194. The van der Waals surface area contributed by atoms with E-state index in [2.05, 4.69) is 19.2 Å². The molecule has 0 heterocycles. The van der Waals surface area contributed by atoms with Crippen molar-refractivity contribution in [2.45, 2.75) is 71.3 Å². The van der Waals surface area contributed by atoms with Crippen molar-refractivity contribution in [3.8, 4) is 0 Å². The predicted octanol–water partition coefficient (Wildman–Crippen LogP) is 3.10. The van der Waals surface area contributed by atoms with Crippen LogP contribution in [0.1, 0.15) is 65.2 Å². The summed E-state index contributed by atoms with van der Waals surface area (Å²) in [6.45, 7) is 5.87. The van der Waals surface area contributed by atoms with Crippen LogP contribution < -0.4 is 5.32 Å². The van der Waals surface area contributed by atoms with Gasteiger partial charge in [0, 0.05) is 24.6 Å². The van der Waals surface area contributed by atoms with E-state index in [1.807, 2.05) is 0 Å². The average Bonchev–Trinajstić information content (AvgIpc) is 2.35. The zero-order valence-corrected chi connectivity index (χ0v) is 11.1. The molecule has 2 heteroatoms. The number of nitrogens with one attached hydrogen (secondary N) is 1. The van der Waals surface area contributed by atoms with E-state index in [0.29, 0.717) is 12.6 Å². The third-order valence-electron chi connectivity index (χ3n) is 4.15. The first-order chi connectivity index (χ1) is 7.76. The summed E-state index contributed by atoms with van der Waals surface area (Å²) in [5.41, 5.74) is 0.194. The summed E-state index contributed by atoms with van der Waals surface area (Å²) >= 11 is 0. The fourth-order valence-electron chi connectivity index (χ4n) is 2.85. The summed E-state index contributed by atoms with van der Waals surface area (Å²) in [6, 6.07) is 0.648. The molecule has 1 rings (SSSR count). The molecule has 0 aromatic rings. The predicted molar refractivity (Wildman–Crippen MR) is 69.6 cm³/mol. The highest BCUT2D eigenvalue weighted by Gasteiger charge is 2.31. The van der Waals surface area contributed by atoms with Gasteiger partial charge in [0.1, 0.15) is 0 Å². The molecule has 2 nitrogen and oxygen atoms in total. The average molecular weight is 227 g/mol. The van der Waals surface area contributed by atoms with Crippen LogP contribution in [-0.4, -0.2) is 24.3 Å². The van der Waals surface area contributed by atoms with Crippen molar-refractivity contribution in [1.29, 1.82) is 0 Å². The molecule has 1 atom stereocenters. The van der Waals surface area contributed by atoms with Crippen LogP contribution in [0.4, 0.5) is 0 Å². The Morgan fingerprint density at radius 1 is 1.19 bits per heavy atom. The summed E-state index contributed by atoms with van der Waals surface area (Å²) in [4.78, 5) is 0. The molecule has 96 valence electrons. The van der Waals surface area contributed by atoms with Gasteiger partial charge in [0.25, 0.3) is 0 Å². The van der Waals surface area contributed by atoms with Crippen molar-refractivity contribution < 1.29 is 5.11 Å². The lowest BCUT2D eigenvalue weighted by Crippen LogP contribution is -2.42. The molecular formula is C14H29NO. The Labute approximate surface area is 101 Å². The molecule has 1 saturated carbocycles. The Bertz CT molecular complexity index is 176. The lowest BCUT2D eigenvalue weighted by atomic mass is 9.74. The normalized spacial score (nSPS) is 21.9. The van der Waals surface area contributed by atoms with Crippen LogP contribution in [-0.2, 0) is 0 Å². The molecule has 0 amide bonds. The van der Waals surface area contributed by atoms with Gasteiger partial charge >= 0.3 is 0 Å². The fraction of sp³-hybridized carbons (Fsp3) is 1.00. The van der Waals surface area contributed by atoms with Gasteiger partial charge < -0.3 is 10.4 Å². The minimum absolute atomic E-state index is 0.194. The smallest absolute Gasteiger partial charge is 0.0499 e. The van der Waals surface area contributed by atoms with Gasteiger partial charge in [-0.1, -0.05) is 39.5 Å². The molecule has 2 N–H and O–H groups in total. The highest BCUT2D eigenvalue weighted by Crippen LogP contribution is 2.35. The van der Waals surface area contributed by atoms with E-state index >= 15 is 0 Å². The van der Waals surface area contributed by atoms with E-state index in [0.717, 1.165) is 6.54 Å². The first-order valence-electron chi connectivity index (χ1n) is 7.10. The molecule has 1 aliphatic rings. The molecule has 0 spiro atoms. The number of rotatable bonds is 7. The first kappa shape index (κ1) is 14.0. The Balaban J connectivity index is 2.36. The van der Waals surface area contributed by atoms with Crippen LogP contribution in [0.3, 0.4) is 0 Å². The van der Waals surface area contributed by atoms with Gasteiger partial charge in [-0.25, -0.2) is 0 Å². The maximum absolute atomic E-state index is 9.62. The molecule has 0 aliphatic heterocycles. The largest absolute Gasteiger partial charge is 0.396 e. The number of aliphatic hydroxyl groups excluding tert-OH is 1. The van der Waals surface area contributed by atoms with Crippen LogP contribution in [0.2, 0.25) is 0 Å². The van der Waals surface area contributed by atoms with Crippen LogP contribution in [0, 0.1) is 5.41 Å². The topological polar surface area (TPSA) is 32.3 Å². The fourth-order valence-corrected chi connectivity index (χ4v) is 2.85. The molecule has 1 fully saturated rings. The Morgan fingerprint density at radius 2 is 1.88 bits per heavy atom. The number of hydrogen-bond acceptors (Lipinski definition) is 2. The summed E-state index contributed by atoms with van der Waals surface area (Å²) in [7, 11) is 0. The van der Waals surface area contributed by atoms with Gasteiger partial charge in [-0.15, -0.1) is 0 Å². The van der Waals surface area contributed by atoms with Crippen molar-refractivity contribution in [3.05, 3.63) is 0 Å². The molecule has 0 aromatic carbocycles. The quantitative estimate of drug-likeness (QED) is 0.700. The molecule has 0 radical (unpaired) electrons. The zero-order valence-electron chi connectivity index (χ0n) is 11.1. The summed E-state index contributed by atoms with van der Waals surface area (Å²) in [5.74, 6) is 0.